The van der Waals surface area contributed by atoms with Crippen LogP contribution in [-0.2, 0) is 4.79 Å². The number of aromatic carboxylic acids is 1. The number of likely N-dealkylation sites (tertiary alicyclic amines) is 1. The summed E-state index contributed by atoms with van der Waals surface area (Å²) in [5, 5.41) is 14.5. The third-order valence-corrected chi connectivity index (χ3v) is 6.69. The maximum absolute atomic E-state index is 12.2. The minimum Gasteiger partial charge on any atom is -0.476 e. The highest BCUT2D eigenvalue weighted by molar-refractivity contribution is 8.01. The number of hydrogen-bond donors (Lipinski definition) is 2. The summed E-state index contributed by atoms with van der Waals surface area (Å²) in [7, 11) is 0. The van der Waals surface area contributed by atoms with Gasteiger partial charge in [-0.2, -0.15) is 0 Å². The zero-order valence-corrected chi connectivity index (χ0v) is 17.2. The first-order valence-corrected chi connectivity index (χ1v) is 10.8. The second-order valence-electron chi connectivity index (χ2n) is 6.30. The molecule has 2 N–H and O–H groups in total. The Morgan fingerprint density at radius 3 is 3.07 bits per heavy atom. The zero-order valence-electron chi connectivity index (χ0n) is 14.8. The van der Waals surface area contributed by atoms with Gasteiger partial charge in [0.2, 0.25) is 5.91 Å². The number of nitrogens with one attached hydrogen (secondary N) is 1. The Kier molecular flexibility index (Phi) is 6.62. The van der Waals surface area contributed by atoms with E-state index in [2.05, 4.69) is 10.3 Å². The summed E-state index contributed by atoms with van der Waals surface area (Å²) in [6.07, 6.45) is 1.37. The molecule has 1 aliphatic rings. The van der Waals surface area contributed by atoms with Gasteiger partial charge in [0, 0.05) is 36.7 Å². The van der Waals surface area contributed by atoms with Crippen LogP contribution in [0.5, 0.6) is 0 Å². The van der Waals surface area contributed by atoms with Crippen molar-refractivity contribution in [3.8, 4) is 0 Å². The number of halogens is 1. The number of benzene rings is 1. The van der Waals surface area contributed by atoms with Crippen LogP contribution in [-0.4, -0.2) is 51.8 Å². The van der Waals surface area contributed by atoms with Crippen LogP contribution in [0.25, 0.3) is 0 Å². The number of carbonyl (C=O) groups excluding carboxylic acids is 1. The summed E-state index contributed by atoms with van der Waals surface area (Å²) < 4.78 is 0.709. The van der Waals surface area contributed by atoms with E-state index >= 15 is 0 Å². The summed E-state index contributed by atoms with van der Waals surface area (Å²) in [6, 6.07) is 5.96. The van der Waals surface area contributed by atoms with Crippen molar-refractivity contribution in [1.29, 1.82) is 0 Å². The number of rotatable bonds is 8. The van der Waals surface area contributed by atoms with E-state index in [1.807, 2.05) is 30.0 Å². The van der Waals surface area contributed by atoms with Gasteiger partial charge in [0.15, 0.2) is 10.0 Å². The van der Waals surface area contributed by atoms with Gasteiger partial charge in [-0.1, -0.05) is 29.4 Å². The molecule has 2 aromatic rings. The Morgan fingerprint density at radius 2 is 2.33 bits per heavy atom. The maximum atomic E-state index is 12.2. The van der Waals surface area contributed by atoms with E-state index in [0.29, 0.717) is 34.6 Å². The number of carbonyl (C=O) groups is 2. The average Bonchev–Trinajstić information content (AvgIpc) is 3.24. The Bertz CT molecular complexity index is 843. The minimum absolute atomic E-state index is 0.0665. The fraction of sp³-hybridized carbons (Fsp3) is 0.389. The van der Waals surface area contributed by atoms with Gasteiger partial charge in [-0.05, 0) is 31.0 Å². The molecule has 0 aliphatic carbocycles. The van der Waals surface area contributed by atoms with Gasteiger partial charge in [0.25, 0.3) is 0 Å². The van der Waals surface area contributed by atoms with Crippen LogP contribution in [0.1, 0.15) is 28.9 Å². The highest BCUT2D eigenvalue weighted by atomic mass is 35.5. The summed E-state index contributed by atoms with van der Waals surface area (Å²) >= 11 is 9.02. The van der Waals surface area contributed by atoms with Crippen LogP contribution < -0.4 is 5.32 Å². The largest absolute Gasteiger partial charge is 0.476 e. The number of aromatic nitrogens is 1. The fourth-order valence-electron chi connectivity index (χ4n) is 2.97. The molecule has 0 unspecified atom stereocenters. The van der Waals surface area contributed by atoms with Crippen molar-refractivity contribution in [2.45, 2.75) is 30.1 Å². The van der Waals surface area contributed by atoms with Gasteiger partial charge in [-0.15, -0.1) is 11.3 Å². The molecule has 3 rings (SSSR count). The van der Waals surface area contributed by atoms with Crippen LogP contribution in [0.15, 0.2) is 27.9 Å². The second-order valence-corrected chi connectivity index (χ2v) is 8.90. The molecule has 2 heterocycles. The van der Waals surface area contributed by atoms with Crippen LogP contribution in [0.3, 0.4) is 0 Å². The van der Waals surface area contributed by atoms with Crippen LogP contribution in [0, 0.1) is 6.92 Å². The summed E-state index contributed by atoms with van der Waals surface area (Å²) in [5.41, 5.74) is 2.08. The molecule has 0 bridgehead atoms. The molecule has 9 heteroatoms. The van der Waals surface area contributed by atoms with E-state index in [9.17, 15) is 9.59 Å². The monoisotopic (exact) mass is 425 g/mol. The van der Waals surface area contributed by atoms with E-state index in [1.54, 1.807) is 0 Å². The van der Waals surface area contributed by atoms with E-state index in [4.69, 9.17) is 16.7 Å². The highest BCUT2D eigenvalue weighted by Gasteiger charge is 2.30. The van der Waals surface area contributed by atoms with Gasteiger partial charge in [-0.3, -0.25) is 4.79 Å². The van der Waals surface area contributed by atoms with Crippen molar-refractivity contribution in [2.75, 3.05) is 24.2 Å². The second kappa shape index (κ2) is 8.95. The number of anilines is 1. The predicted octanol–water partition coefficient (Wildman–Crippen LogP) is 4.00. The van der Waals surface area contributed by atoms with E-state index in [0.717, 1.165) is 17.7 Å². The summed E-state index contributed by atoms with van der Waals surface area (Å²) in [5.74, 6) is -0.183. The molecular formula is C18H20ClN3O3S2. The third kappa shape index (κ3) is 5.15. The number of hydrogen-bond acceptors (Lipinski definition) is 6. The number of nitrogens with zero attached hydrogens (tertiary/aromatic N) is 2. The van der Waals surface area contributed by atoms with Crippen LogP contribution in [0.2, 0.25) is 5.02 Å². The van der Waals surface area contributed by atoms with E-state index < -0.39 is 5.97 Å². The lowest BCUT2D eigenvalue weighted by molar-refractivity contribution is -0.128. The van der Waals surface area contributed by atoms with Crippen LogP contribution >= 0.6 is 34.7 Å². The number of amides is 1. The van der Waals surface area contributed by atoms with Gasteiger partial charge in [0.05, 0.1) is 10.7 Å². The molecule has 1 atom stereocenters. The number of thioether (sulfide) groups is 1. The minimum atomic E-state index is -1.02. The fourth-order valence-corrected chi connectivity index (χ4v) is 4.96. The summed E-state index contributed by atoms with van der Waals surface area (Å²) in [4.78, 5) is 29.1. The molecule has 1 aromatic carbocycles. The average molecular weight is 426 g/mol. The number of carboxylic acid groups (broad SMARTS) is 1. The number of aryl methyl sites for hydroxylation is 1. The molecule has 1 amide bonds. The molecule has 6 nitrogen and oxygen atoms in total. The Hall–Kier alpha value is -1.77. The predicted molar refractivity (Wildman–Crippen MR) is 109 cm³/mol. The first-order chi connectivity index (χ1) is 12.9. The summed E-state index contributed by atoms with van der Waals surface area (Å²) in [6.45, 7) is 3.28. The number of thiazole rings is 1. The molecule has 1 fully saturated rings. The highest BCUT2D eigenvalue weighted by Crippen LogP contribution is 2.27. The van der Waals surface area contributed by atoms with Gasteiger partial charge >= 0.3 is 5.97 Å². The van der Waals surface area contributed by atoms with Gasteiger partial charge in [0.1, 0.15) is 0 Å². The van der Waals surface area contributed by atoms with Crippen molar-refractivity contribution < 1.29 is 14.7 Å². The first kappa shape index (κ1) is 20.0. The molecule has 144 valence electrons. The molecule has 1 saturated heterocycles. The SMILES string of the molecule is Cc1ccc(Cl)c(NC[C@H]2CCC(=O)N2CCSc2nc(C(=O)O)cs2)c1. The van der Waals surface area contributed by atoms with Crippen molar-refractivity contribution in [3.63, 3.8) is 0 Å². The smallest absolute Gasteiger partial charge is 0.355 e. The normalized spacial score (nSPS) is 16.7. The van der Waals surface area contributed by atoms with Gasteiger partial charge in [-0.25, -0.2) is 9.78 Å². The van der Waals surface area contributed by atoms with Crippen molar-refractivity contribution in [3.05, 3.63) is 39.9 Å². The molecule has 0 saturated carbocycles. The molecule has 1 aliphatic heterocycles. The molecule has 0 radical (unpaired) electrons. The molecule has 27 heavy (non-hydrogen) atoms. The Labute approximate surface area is 170 Å². The lowest BCUT2D eigenvalue weighted by atomic mass is 10.2. The number of carboxylic acids is 1. The standard InChI is InChI=1S/C18H20ClN3O3S2/c1-11-2-4-13(19)14(8-11)20-9-12-3-5-16(23)22(12)6-7-26-18-21-15(10-27-18)17(24)25/h2,4,8,10,12,20H,3,5-7,9H2,1H3,(H,24,25)/t12-/m1/s1. The van der Waals surface area contributed by atoms with Crippen LogP contribution in [0.4, 0.5) is 5.69 Å². The molecule has 0 spiro atoms. The van der Waals surface area contributed by atoms with Gasteiger partial charge < -0.3 is 15.3 Å². The third-order valence-electron chi connectivity index (χ3n) is 4.36. The van der Waals surface area contributed by atoms with E-state index in [1.165, 1.54) is 28.5 Å². The zero-order chi connectivity index (χ0) is 19.4. The molecular weight excluding hydrogens is 406 g/mol. The lowest BCUT2D eigenvalue weighted by Gasteiger charge is -2.25. The maximum Gasteiger partial charge on any atom is 0.355 e. The van der Waals surface area contributed by atoms with Crippen molar-refractivity contribution in [2.24, 2.45) is 0 Å². The molecule has 1 aromatic heterocycles. The quantitative estimate of drug-likeness (QED) is 0.622. The van der Waals surface area contributed by atoms with E-state index in [-0.39, 0.29) is 17.6 Å². The topological polar surface area (TPSA) is 82.5 Å². The van der Waals surface area contributed by atoms with Crippen molar-refractivity contribution >= 4 is 52.3 Å². The van der Waals surface area contributed by atoms with Crippen molar-refractivity contribution in [1.82, 2.24) is 9.88 Å². The lowest BCUT2D eigenvalue weighted by Crippen LogP contribution is -2.39. The first-order valence-electron chi connectivity index (χ1n) is 8.55. The Morgan fingerprint density at radius 1 is 1.52 bits per heavy atom. The Balaban J connectivity index is 1.52.